The molecule has 0 N–H and O–H groups in total. The lowest BCUT2D eigenvalue weighted by atomic mass is 9.85. The van der Waals surface area contributed by atoms with Crippen LogP contribution in [-0.4, -0.2) is 73.9 Å². The van der Waals surface area contributed by atoms with E-state index in [0.29, 0.717) is 38.8 Å². The van der Waals surface area contributed by atoms with Crippen molar-refractivity contribution in [3.05, 3.63) is 0 Å². The maximum atomic E-state index is 13.2. The Hall–Kier alpha value is -0.580. The van der Waals surface area contributed by atoms with Crippen LogP contribution in [0.2, 0.25) is 0 Å². The average molecular weight is 433 g/mol. The first kappa shape index (κ1) is 24.7. The van der Waals surface area contributed by atoms with E-state index >= 15 is 0 Å². The van der Waals surface area contributed by atoms with Gasteiger partial charge < -0.3 is 4.74 Å². The number of ether oxygens (including phenoxy) is 1. The number of hydrogen-bond acceptors (Lipinski definition) is 4. The van der Waals surface area contributed by atoms with E-state index in [9.17, 15) is 26.3 Å². The number of alkyl halides is 6. The molecule has 0 spiro atoms. The van der Waals surface area contributed by atoms with E-state index in [0.717, 1.165) is 0 Å². The van der Waals surface area contributed by atoms with E-state index in [-0.39, 0.29) is 37.8 Å². The lowest BCUT2D eigenvalue weighted by Gasteiger charge is -2.48. The molecular formula is C19H33F6N3O. The van der Waals surface area contributed by atoms with Gasteiger partial charge in [0.05, 0.1) is 25.0 Å². The molecule has 0 aliphatic heterocycles. The van der Waals surface area contributed by atoms with Gasteiger partial charge in [0.25, 0.3) is 0 Å². The molecule has 2 rings (SSSR count). The molecule has 0 aromatic carbocycles. The summed E-state index contributed by atoms with van der Waals surface area (Å²) in [5, 5.41) is 5.61. The zero-order chi connectivity index (χ0) is 21.8. The summed E-state index contributed by atoms with van der Waals surface area (Å²) in [5.74, 6) is -2.57. The Balaban J connectivity index is 2.04. The number of methoxy groups -OCH3 is 1. The van der Waals surface area contributed by atoms with Gasteiger partial charge in [-0.05, 0) is 44.9 Å². The number of hydrogen-bond donors (Lipinski definition) is 0. The summed E-state index contributed by atoms with van der Waals surface area (Å²) in [6.07, 6.45) is -5.99. The molecule has 0 radical (unpaired) electrons. The highest BCUT2D eigenvalue weighted by Crippen LogP contribution is 2.41. The molecule has 10 heteroatoms. The van der Waals surface area contributed by atoms with Crippen molar-refractivity contribution in [2.24, 2.45) is 11.8 Å². The molecule has 2 aliphatic carbocycles. The van der Waals surface area contributed by atoms with Crippen LogP contribution >= 0.6 is 0 Å². The summed E-state index contributed by atoms with van der Waals surface area (Å²) in [5.41, 5.74) is 0. The third kappa shape index (κ3) is 6.70. The predicted octanol–water partition coefficient (Wildman–Crippen LogP) is 4.87. The molecule has 172 valence electrons. The van der Waals surface area contributed by atoms with Gasteiger partial charge in [-0.3, -0.25) is 0 Å². The molecule has 0 aromatic heterocycles. The summed E-state index contributed by atoms with van der Waals surface area (Å²) >= 11 is 0. The summed E-state index contributed by atoms with van der Waals surface area (Å²) < 4.78 is 83.7. The van der Waals surface area contributed by atoms with Crippen molar-refractivity contribution >= 4 is 0 Å². The molecule has 29 heavy (non-hydrogen) atoms. The minimum atomic E-state index is -4.20. The molecule has 2 fully saturated rings. The molecular weight excluding hydrogens is 400 g/mol. The fourth-order valence-electron chi connectivity index (χ4n) is 4.67. The van der Waals surface area contributed by atoms with Gasteiger partial charge in [-0.25, -0.2) is 10.0 Å². The third-order valence-corrected chi connectivity index (χ3v) is 6.55. The van der Waals surface area contributed by atoms with Gasteiger partial charge in [0.2, 0.25) is 0 Å². The predicted molar refractivity (Wildman–Crippen MR) is 97.7 cm³/mol. The Bertz CT molecular complexity index is 493. The monoisotopic (exact) mass is 433 g/mol. The lowest BCUT2D eigenvalue weighted by Crippen LogP contribution is -2.59. The zero-order valence-electron chi connectivity index (χ0n) is 17.4. The molecule has 2 atom stereocenters. The van der Waals surface area contributed by atoms with Gasteiger partial charge >= 0.3 is 12.4 Å². The maximum Gasteiger partial charge on any atom is 0.391 e. The molecule has 0 aromatic rings. The summed E-state index contributed by atoms with van der Waals surface area (Å²) in [6.45, 7) is 0.817. The van der Waals surface area contributed by atoms with Crippen molar-refractivity contribution in [1.82, 2.24) is 15.1 Å². The van der Waals surface area contributed by atoms with Crippen molar-refractivity contribution in [3.8, 4) is 0 Å². The van der Waals surface area contributed by atoms with Gasteiger partial charge in [-0.2, -0.15) is 31.5 Å². The van der Waals surface area contributed by atoms with Gasteiger partial charge in [-0.1, -0.05) is 6.42 Å². The lowest BCUT2D eigenvalue weighted by molar-refractivity contribution is -0.233. The highest BCUT2D eigenvalue weighted by Gasteiger charge is 2.45. The normalized spacial score (nSPS) is 29.8. The van der Waals surface area contributed by atoms with Crippen molar-refractivity contribution in [3.63, 3.8) is 0 Å². The molecule has 4 nitrogen and oxygen atoms in total. The van der Waals surface area contributed by atoms with Gasteiger partial charge in [0.1, 0.15) is 0 Å². The topological polar surface area (TPSA) is 19.0 Å². The average Bonchev–Trinajstić information content (AvgIpc) is 2.66. The Morgan fingerprint density at radius 2 is 1.31 bits per heavy atom. The largest absolute Gasteiger partial charge is 0.391 e. The van der Waals surface area contributed by atoms with Crippen LogP contribution in [-0.2, 0) is 4.74 Å². The summed E-state index contributed by atoms with van der Waals surface area (Å²) in [6, 6.07) is -0.337. The molecule has 0 amide bonds. The first-order valence-corrected chi connectivity index (χ1v) is 10.3. The molecule has 0 bridgehead atoms. The number of halogens is 6. The first-order chi connectivity index (χ1) is 13.4. The molecule has 0 saturated heterocycles. The molecule has 0 heterocycles. The molecule has 2 unspecified atom stereocenters. The summed E-state index contributed by atoms with van der Waals surface area (Å²) in [7, 11) is 5.14. The number of rotatable bonds is 7. The van der Waals surface area contributed by atoms with Crippen LogP contribution in [0.5, 0.6) is 0 Å². The van der Waals surface area contributed by atoms with Crippen molar-refractivity contribution in [2.75, 3.05) is 34.4 Å². The van der Waals surface area contributed by atoms with Crippen molar-refractivity contribution in [2.45, 2.75) is 75.8 Å². The number of nitrogens with zero attached hydrogens (tertiary/aromatic N) is 3. The van der Waals surface area contributed by atoms with Gasteiger partial charge in [0, 0.05) is 33.3 Å². The Kier molecular flexibility index (Phi) is 8.64. The van der Waals surface area contributed by atoms with Gasteiger partial charge in [-0.15, -0.1) is 0 Å². The second-order valence-corrected chi connectivity index (χ2v) is 8.34. The second-order valence-electron chi connectivity index (χ2n) is 8.34. The highest BCUT2D eigenvalue weighted by atomic mass is 19.4. The van der Waals surface area contributed by atoms with Crippen LogP contribution in [0, 0.1) is 11.8 Å². The zero-order valence-corrected chi connectivity index (χ0v) is 17.4. The first-order valence-electron chi connectivity index (χ1n) is 10.3. The Morgan fingerprint density at radius 3 is 1.83 bits per heavy atom. The van der Waals surface area contributed by atoms with Crippen LogP contribution in [0.3, 0.4) is 0 Å². The van der Waals surface area contributed by atoms with E-state index in [1.807, 2.05) is 22.2 Å². The highest BCUT2D eigenvalue weighted by molar-refractivity contribution is 4.84. The van der Waals surface area contributed by atoms with E-state index in [1.54, 1.807) is 14.2 Å². The minimum absolute atomic E-state index is 0.0398. The van der Waals surface area contributed by atoms with Crippen LogP contribution < -0.4 is 0 Å². The smallest absolute Gasteiger partial charge is 0.383 e. The van der Waals surface area contributed by atoms with Crippen molar-refractivity contribution < 1.29 is 31.1 Å². The fourth-order valence-corrected chi connectivity index (χ4v) is 4.67. The van der Waals surface area contributed by atoms with E-state index < -0.39 is 24.2 Å². The summed E-state index contributed by atoms with van der Waals surface area (Å²) in [4.78, 5) is 0. The molecule has 2 saturated carbocycles. The standard InChI is InChI=1S/C19H33F6N3O/c1-26(16-9-7-14(8-10-16)18(20,21)22)28(11-12-29-3)27(2)17-6-4-5-15(13-17)19(23,24)25/h14-17H,4-13H2,1-3H3. The number of hydrazine groups is 2. The Labute approximate surface area is 169 Å². The van der Waals surface area contributed by atoms with Crippen molar-refractivity contribution in [1.29, 1.82) is 0 Å². The van der Waals surface area contributed by atoms with Crippen LogP contribution in [0.1, 0.15) is 51.4 Å². The van der Waals surface area contributed by atoms with E-state index in [4.69, 9.17) is 4.74 Å². The maximum absolute atomic E-state index is 13.2. The van der Waals surface area contributed by atoms with E-state index in [1.165, 1.54) is 0 Å². The SMILES string of the molecule is COCCN(N(C)C1CCC(C(F)(F)F)CC1)N(C)C1CCCC(C(F)(F)F)C1. The minimum Gasteiger partial charge on any atom is -0.383 e. The molecule has 2 aliphatic rings. The second kappa shape index (κ2) is 10.2. The Morgan fingerprint density at radius 1 is 0.759 bits per heavy atom. The van der Waals surface area contributed by atoms with Crippen LogP contribution in [0.15, 0.2) is 0 Å². The third-order valence-electron chi connectivity index (χ3n) is 6.55. The van der Waals surface area contributed by atoms with Crippen LogP contribution in [0.25, 0.3) is 0 Å². The van der Waals surface area contributed by atoms with Gasteiger partial charge in [0.15, 0.2) is 0 Å². The van der Waals surface area contributed by atoms with Crippen LogP contribution in [0.4, 0.5) is 26.3 Å². The quantitative estimate of drug-likeness (QED) is 0.421. The fraction of sp³-hybridized carbons (Fsp3) is 1.00. The van der Waals surface area contributed by atoms with E-state index in [2.05, 4.69) is 0 Å².